The number of methoxy groups -OCH3 is 1. The molecule has 1 N–H and O–H groups in total. The molecule has 5 heteroatoms. The summed E-state index contributed by atoms with van der Waals surface area (Å²) in [6.07, 6.45) is 2.44. The van der Waals surface area contributed by atoms with E-state index in [0.29, 0.717) is 0 Å². The topological polar surface area (TPSA) is 50.3 Å². The van der Waals surface area contributed by atoms with E-state index in [4.69, 9.17) is 4.74 Å². The third-order valence-electron chi connectivity index (χ3n) is 3.57. The van der Waals surface area contributed by atoms with Gasteiger partial charge >= 0.3 is 0 Å². The Hall–Kier alpha value is -2.30. The minimum Gasteiger partial charge on any atom is -0.497 e. The predicted molar refractivity (Wildman–Crippen MR) is 84.5 cm³/mol. The van der Waals surface area contributed by atoms with Crippen molar-refractivity contribution < 1.29 is 4.74 Å². The van der Waals surface area contributed by atoms with Gasteiger partial charge in [-0.25, -0.2) is 4.98 Å². The molecule has 21 heavy (non-hydrogen) atoms. The molecule has 1 fully saturated rings. The molecule has 5 nitrogen and oxygen atoms in total. The van der Waals surface area contributed by atoms with Crippen molar-refractivity contribution in [2.24, 2.45) is 0 Å². The molecule has 1 aromatic carbocycles. The van der Waals surface area contributed by atoms with Crippen molar-refractivity contribution in [2.75, 3.05) is 30.4 Å². The van der Waals surface area contributed by atoms with Gasteiger partial charge in [0.1, 0.15) is 11.6 Å². The molecule has 2 aromatic rings. The molecule has 2 heterocycles. The molecule has 0 spiro atoms. The molecular formula is C16H20N4O. The van der Waals surface area contributed by atoms with E-state index in [-0.39, 0.29) is 0 Å². The normalized spacial score (nSPS) is 14.3. The summed E-state index contributed by atoms with van der Waals surface area (Å²) in [5.41, 5.74) is 1.93. The lowest BCUT2D eigenvalue weighted by Gasteiger charge is -2.17. The van der Waals surface area contributed by atoms with Gasteiger partial charge in [-0.3, -0.25) is 0 Å². The average Bonchev–Trinajstić information content (AvgIpc) is 3.01. The van der Waals surface area contributed by atoms with Crippen LogP contribution >= 0.6 is 0 Å². The molecule has 1 aromatic heterocycles. The molecule has 110 valence electrons. The molecule has 0 atom stereocenters. The third-order valence-corrected chi connectivity index (χ3v) is 3.57. The molecule has 0 amide bonds. The predicted octanol–water partition coefficient (Wildman–Crippen LogP) is 3.14. The Morgan fingerprint density at radius 3 is 2.71 bits per heavy atom. The van der Waals surface area contributed by atoms with E-state index in [1.165, 1.54) is 12.8 Å². The first-order chi connectivity index (χ1) is 10.2. The zero-order chi connectivity index (χ0) is 14.7. The highest BCUT2D eigenvalue weighted by Gasteiger charge is 2.15. The lowest BCUT2D eigenvalue weighted by Crippen LogP contribution is -2.21. The maximum absolute atomic E-state index is 5.24. The number of anilines is 3. The molecule has 0 radical (unpaired) electrons. The van der Waals surface area contributed by atoms with Crippen molar-refractivity contribution >= 4 is 17.5 Å². The molecular weight excluding hydrogens is 264 g/mol. The van der Waals surface area contributed by atoms with Gasteiger partial charge in [-0.1, -0.05) is 6.07 Å². The Kier molecular flexibility index (Phi) is 3.90. The minimum atomic E-state index is 0.817. The fourth-order valence-electron chi connectivity index (χ4n) is 2.52. The van der Waals surface area contributed by atoms with Crippen molar-refractivity contribution in [1.82, 2.24) is 9.97 Å². The van der Waals surface area contributed by atoms with Crippen LogP contribution in [0.3, 0.4) is 0 Å². The number of nitrogens with zero attached hydrogens (tertiary/aromatic N) is 3. The van der Waals surface area contributed by atoms with Crippen LogP contribution in [0.2, 0.25) is 0 Å². The van der Waals surface area contributed by atoms with Crippen LogP contribution in [-0.4, -0.2) is 30.2 Å². The molecule has 1 aliphatic rings. The van der Waals surface area contributed by atoms with Crippen LogP contribution in [0.5, 0.6) is 5.75 Å². The van der Waals surface area contributed by atoms with Crippen LogP contribution in [0.4, 0.5) is 17.5 Å². The fourth-order valence-corrected chi connectivity index (χ4v) is 2.52. The number of hydrogen-bond acceptors (Lipinski definition) is 5. The summed E-state index contributed by atoms with van der Waals surface area (Å²) in [5, 5.41) is 3.33. The van der Waals surface area contributed by atoms with Gasteiger partial charge in [0.15, 0.2) is 0 Å². The molecule has 0 unspecified atom stereocenters. The van der Waals surface area contributed by atoms with Crippen LogP contribution in [0.25, 0.3) is 0 Å². The van der Waals surface area contributed by atoms with Gasteiger partial charge in [-0.05, 0) is 31.9 Å². The van der Waals surface area contributed by atoms with Crippen LogP contribution in [0.15, 0.2) is 30.3 Å². The number of benzene rings is 1. The maximum atomic E-state index is 5.24. The van der Waals surface area contributed by atoms with Crippen LogP contribution in [0, 0.1) is 6.92 Å². The van der Waals surface area contributed by atoms with Crippen molar-refractivity contribution in [3.8, 4) is 5.75 Å². The van der Waals surface area contributed by atoms with Crippen LogP contribution in [-0.2, 0) is 0 Å². The zero-order valence-corrected chi connectivity index (χ0v) is 12.5. The first-order valence-corrected chi connectivity index (χ1v) is 7.26. The highest BCUT2D eigenvalue weighted by atomic mass is 16.5. The van der Waals surface area contributed by atoms with E-state index in [9.17, 15) is 0 Å². The van der Waals surface area contributed by atoms with E-state index in [1.54, 1.807) is 7.11 Å². The van der Waals surface area contributed by atoms with Crippen molar-refractivity contribution in [2.45, 2.75) is 19.8 Å². The molecule has 1 saturated heterocycles. The lowest BCUT2D eigenvalue weighted by molar-refractivity contribution is 0.415. The largest absolute Gasteiger partial charge is 0.497 e. The highest BCUT2D eigenvalue weighted by molar-refractivity contribution is 5.59. The Labute approximate surface area is 125 Å². The van der Waals surface area contributed by atoms with Gasteiger partial charge in [-0.15, -0.1) is 0 Å². The Morgan fingerprint density at radius 2 is 1.95 bits per heavy atom. The van der Waals surface area contributed by atoms with E-state index in [1.807, 2.05) is 37.3 Å². The first kappa shape index (κ1) is 13.7. The van der Waals surface area contributed by atoms with Gasteiger partial charge in [0.2, 0.25) is 5.95 Å². The first-order valence-electron chi connectivity index (χ1n) is 7.26. The number of rotatable bonds is 4. The monoisotopic (exact) mass is 284 g/mol. The second-order valence-corrected chi connectivity index (χ2v) is 5.25. The average molecular weight is 284 g/mol. The fraction of sp³-hybridized carbons (Fsp3) is 0.375. The summed E-state index contributed by atoms with van der Waals surface area (Å²) in [4.78, 5) is 11.4. The van der Waals surface area contributed by atoms with Gasteiger partial charge in [0.05, 0.1) is 7.11 Å². The zero-order valence-electron chi connectivity index (χ0n) is 12.5. The summed E-state index contributed by atoms with van der Waals surface area (Å²) < 4.78 is 5.24. The highest BCUT2D eigenvalue weighted by Crippen LogP contribution is 2.23. The third kappa shape index (κ3) is 3.24. The molecule has 0 aliphatic carbocycles. The second-order valence-electron chi connectivity index (χ2n) is 5.25. The summed E-state index contributed by atoms with van der Waals surface area (Å²) in [5.74, 6) is 2.46. The smallest absolute Gasteiger partial charge is 0.227 e. The quantitative estimate of drug-likeness (QED) is 0.934. The summed E-state index contributed by atoms with van der Waals surface area (Å²) in [6, 6.07) is 9.78. The molecule has 0 bridgehead atoms. The van der Waals surface area contributed by atoms with Crippen LogP contribution in [0.1, 0.15) is 18.5 Å². The summed E-state index contributed by atoms with van der Waals surface area (Å²) >= 11 is 0. The standard InChI is InChI=1S/C16H20N4O/c1-12-10-15(18-13-6-5-7-14(11-13)21-2)19-16(17-12)20-8-3-4-9-20/h5-7,10-11H,3-4,8-9H2,1-2H3,(H,17,18,19). The van der Waals surface area contributed by atoms with E-state index >= 15 is 0 Å². The van der Waals surface area contributed by atoms with E-state index < -0.39 is 0 Å². The SMILES string of the molecule is COc1cccc(Nc2cc(C)nc(N3CCCC3)n2)c1. The maximum Gasteiger partial charge on any atom is 0.227 e. The van der Waals surface area contributed by atoms with Crippen molar-refractivity contribution in [3.63, 3.8) is 0 Å². The Balaban J connectivity index is 1.84. The number of aromatic nitrogens is 2. The van der Waals surface area contributed by atoms with Gasteiger partial charge in [-0.2, -0.15) is 4.98 Å². The van der Waals surface area contributed by atoms with Crippen molar-refractivity contribution in [1.29, 1.82) is 0 Å². The van der Waals surface area contributed by atoms with Crippen LogP contribution < -0.4 is 15.0 Å². The lowest BCUT2D eigenvalue weighted by atomic mass is 10.3. The van der Waals surface area contributed by atoms with E-state index in [2.05, 4.69) is 20.2 Å². The second kappa shape index (κ2) is 5.99. The van der Waals surface area contributed by atoms with E-state index in [0.717, 1.165) is 42.0 Å². The summed E-state index contributed by atoms with van der Waals surface area (Å²) in [6.45, 7) is 4.09. The molecule has 3 rings (SSSR count). The number of ether oxygens (including phenoxy) is 1. The Bertz CT molecular complexity index is 623. The number of nitrogens with one attached hydrogen (secondary N) is 1. The molecule has 0 saturated carbocycles. The number of hydrogen-bond donors (Lipinski definition) is 1. The number of aryl methyl sites for hydroxylation is 1. The van der Waals surface area contributed by atoms with Gasteiger partial charge in [0, 0.05) is 36.6 Å². The minimum absolute atomic E-state index is 0.817. The summed E-state index contributed by atoms with van der Waals surface area (Å²) in [7, 11) is 1.67. The Morgan fingerprint density at radius 1 is 1.14 bits per heavy atom. The van der Waals surface area contributed by atoms with Crippen molar-refractivity contribution in [3.05, 3.63) is 36.0 Å². The van der Waals surface area contributed by atoms with Gasteiger partial charge in [0.25, 0.3) is 0 Å². The van der Waals surface area contributed by atoms with Gasteiger partial charge < -0.3 is 15.0 Å². The molecule has 1 aliphatic heterocycles.